The molecule has 0 fully saturated rings. The molecule has 4 aromatic rings. The minimum Gasteiger partial charge on any atom is -0.495 e. The second kappa shape index (κ2) is 15.3. The molecule has 2 heterocycles. The smallest absolute Gasteiger partial charge is 0.495 e. The number of anilines is 4. The van der Waals surface area contributed by atoms with Crippen LogP contribution in [0.25, 0.3) is 11.1 Å². The Balaban J connectivity index is 1.77. The number of aliphatic hydroxyl groups is 1. The van der Waals surface area contributed by atoms with E-state index in [1.54, 1.807) is 56.3 Å². The predicted molar refractivity (Wildman–Crippen MR) is 168 cm³/mol. The van der Waals surface area contributed by atoms with E-state index in [4.69, 9.17) is 19.3 Å². The molecule has 13 nitrogen and oxygen atoms in total. The molecule has 4 rings (SSSR count). The molecule has 0 saturated heterocycles. The molecule has 0 aliphatic rings. The number of methoxy groups -OCH3 is 1. The van der Waals surface area contributed by atoms with E-state index >= 15 is 0 Å². The van der Waals surface area contributed by atoms with Gasteiger partial charge in [-0.05, 0) is 48.2 Å². The highest BCUT2D eigenvalue weighted by Crippen LogP contribution is 2.38. The van der Waals surface area contributed by atoms with Crippen molar-refractivity contribution >= 4 is 37.3 Å². The number of ether oxygens (including phenoxy) is 1. The number of nitrogens with zero attached hydrogens (tertiary/aromatic N) is 5. The van der Waals surface area contributed by atoms with E-state index < -0.39 is 32.0 Å². The molecule has 0 aliphatic carbocycles. The normalized spacial score (nSPS) is 11.7. The number of alkyl halides is 3. The van der Waals surface area contributed by atoms with Gasteiger partial charge in [-0.3, -0.25) is 9.48 Å². The Morgan fingerprint density at radius 3 is 2.47 bits per heavy atom. The lowest BCUT2D eigenvalue weighted by atomic mass is 10.0. The zero-order valence-electron chi connectivity index (χ0n) is 26.0. The third kappa shape index (κ3) is 8.80. The van der Waals surface area contributed by atoms with Crippen LogP contribution in [-0.2, 0) is 34.8 Å². The van der Waals surface area contributed by atoms with Crippen molar-refractivity contribution in [3.63, 3.8) is 0 Å². The molecule has 1 amide bonds. The van der Waals surface area contributed by atoms with Crippen LogP contribution >= 0.6 is 8.25 Å². The Bertz CT molecular complexity index is 1750. The van der Waals surface area contributed by atoms with Gasteiger partial charge < -0.3 is 25.4 Å². The average molecular weight is 677 g/mol. The third-order valence-electron chi connectivity index (χ3n) is 6.90. The second-order valence-electron chi connectivity index (χ2n) is 10.4. The average Bonchev–Trinajstić information content (AvgIpc) is 3.51. The molecule has 0 aliphatic heterocycles. The minimum atomic E-state index is -4.84. The van der Waals surface area contributed by atoms with Gasteiger partial charge in [-0.1, -0.05) is 19.1 Å². The molecular weight excluding hydrogens is 642 g/mol. The van der Waals surface area contributed by atoms with Gasteiger partial charge in [-0.25, -0.2) is 4.98 Å². The molecule has 1 unspecified atom stereocenters. The zero-order valence-corrected chi connectivity index (χ0v) is 26.9. The first-order chi connectivity index (χ1) is 22.3. The summed E-state index contributed by atoms with van der Waals surface area (Å²) < 4.78 is 65.7. The predicted octanol–water partition coefficient (Wildman–Crippen LogP) is 5.67. The summed E-state index contributed by atoms with van der Waals surface area (Å²) in [6.07, 6.45) is -0.999. The topological polar surface area (TPSA) is 164 Å². The number of rotatable bonds is 14. The van der Waals surface area contributed by atoms with E-state index in [0.29, 0.717) is 29.7 Å². The summed E-state index contributed by atoms with van der Waals surface area (Å²) in [6, 6.07) is 9.42. The molecule has 1 atom stereocenters. The number of halogens is 3. The molecule has 250 valence electrons. The molecule has 0 radical (unpaired) electrons. The lowest BCUT2D eigenvalue weighted by Gasteiger charge is -2.20. The van der Waals surface area contributed by atoms with Crippen LogP contribution in [0.2, 0.25) is 0 Å². The van der Waals surface area contributed by atoms with E-state index in [1.165, 1.54) is 30.2 Å². The van der Waals surface area contributed by atoms with E-state index in [9.17, 15) is 22.5 Å². The van der Waals surface area contributed by atoms with E-state index in [2.05, 4.69) is 25.7 Å². The summed E-state index contributed by atoms with van der Waals surface area (Å²) in [5.74, 6) is -0.765. The van der Waals surface area contributed by atoms with Crippen molar-refractivity contribution in [1.29, 1.82) is 0 Å². The van der Waals surface area contributed by atoms with Crippen molar-refractivity contribution in [2.24, 2.45) is 0 Å². The van der Waals surface area contributed by atoms with Gasteiger partial charge in [0.25, 0.3) is 5.91 Å². The van der Waals surface area contributed by atoms with Gasteiger partial charge >= 0.3 is 14.4 Å². The summed E-state index contributed by atoms with van der Waals surface area (Å²) in [5.41, 5.74) is 1.09. The summed E-state index contributed by atoms with van der Waals surface area (Å²) in [6.45, 7) is 1.86. The van der Waals surface area contributed by atoms with Crippen molar-refractivity contribution in [1.82, 2.24) is 24.6 Å². The summed E-state index contributed by atoms with van der Waals surface area (Å²) in [7, 11) is 1.64. The SMILES string of the molecule is CCc1c(Nc2ccc(-c3cnn(CCCO)c3)cc2C(=O)N(C)C)nc(Nc2ccc(CO[P+](=O)O)cc2OC)nc1C(F)(F)F. The lowest BCUT2D eigenvalue weighted by Crippen LogP contribution is -2.23. The monoisotopic (exact) mass is 676 g/mol. The van der Waals surface area contributed by atoms with E-state index in [0.717, 1.165) is 0 Å². The first kappa shape index (κ1) is 35.2. The first-order valence-electron chi connectivity index (χ1n) is 14.3. The van der Waals surface area contributed by atoms with Crippen LogP contribution in [0.4, 0.5) is 36.3 Å². The van der Waals surface area contributed by atoms with Gasteiger partial charge in [-0.15, -0.1) is 9.42 Å². The van der Waals surface area contributed by atoms with E-state index in [-0.39, 0.29) is 53.7 Å². The molecule has 2 aromatic heterocycles. The van der Waals surface area contributed by atoms with Crippen molar-refractivity contribution in [2.75, 3.05) is 38.4 Å². The van der Waals surface area contributed by atoms with Crippen LogP contribution < -0.4 is 15.4 Å². The van der Waals surface area contributed by atoms with Gasteiger partial charge in [0.05, 0.1) is 30.2 Å². The number of carbonyl (C=O) groups excluding carboxylic acids is 1. The van der Waals surface area contributed by atoms with Gasteiger partial charge in [0, 0.05) is 49.1 Å². The van der Waals surface area contributed by atoms with Crippen molar-refractivity contribution in [2.45, 2.75) is 39.1 Å². The summed E-state index contributed by atoms with van der Waals surface area (Å²) in [5, 5.41) is 19.1. The molecule has 2 aromatic carbocycles. The second-order valence-corrected chi connectivity index (χ2v) is 11.1. The van der Waals surface area contributed by atoms with Crippen LogP contribution in [0.5, 0.6) is 5.75 Å². The molecule has 0 bridgehead atoms. The van der Waals surface area contributed by atoms with Crippen molar-refractivity contribution in [3.8, 4) is 16.9 Å². The maximum absolute atomic E-state index is 14.3. The fourth-order valence-corrected chi connectivity index (χ4v) is 4.90. The Morgan fingerprint density at radius 2 is 1.83 bits per heavy atom. The number of hydrogen-bond donors (Lipinski definition) is 4. The fraction of sp³-hybridized carbons (Fsp3) is 0.333. The Kier molecular flexibility index (Phi) is 11.5. The molecular formula is C30H34F3N7O6P+. The molecule has 0 spiro atoms. The van der Waals surface area contributed by atoms with Gasteiger partial charge in [0.2, 0.25) is 5.95 Å². The van der Waals surface area contributed by atoms with E-state index in [1.807, 2.05) is 0 Å². The summed E-state index contributed by atoms with van der Waals surface area (Å²) in [4.78, 5) is 31.8. The zero-order chi connectivity index (χ0) is 34.3. The van der Waals surface area contributed by atoms with Gasteiger partial charge in [-0.2, -0.15) is 23.3 Å². The van der Waals surface area contributed by atoms with Crippen LogP contribution in [-0.4, -0.2) is 68.4 Å². The minimum absolute atomic E-state index is 0.0121. The first-order valence-corrected chi connectivity index (χ1v) is 15.4. The van der Waals surface area contributed by atoms with Gasteiger partial charge in [0.15, 0.2) is 5.69 Å². The Labute approximate surface area is 269 Å². The highest BCUT2D eigenvalue weighted by Gasteiger charge is 2.37. The van der Waals surface area contributed by atoms with Crippen LogP contribution in [0.1, 0.15) is 40.5 Å². The Morgan fingerprint density at radius 1 is 1.09 bits per heavy atom. The quantitative estimate of drug-likeness (QED) is 0.122. The maximum atomic E-state index is 14.3. The molecule has 47 heavy (non-hydrogen) atoms. The van der Waals surface area contributed by atoms with Crippen LogP contribution in [0, 0.1) is 0 Å². The number of nitrogens with one attached hydrogen (secondary N) is 2. The highest BCUT2D eigenvalue weighted by atomic mass is 31.1. The van der Waals surface area contributed by atoms with Gasteiger partial charge in [0.1, 0.15) is 18.2 Å². The largest absolute Gasteiger partial charge is 0.695 e. The lowest BCUT2D eigenvalue weighted by molar-refractivity contribution is -0.141. The summed E-state index contributed by atoms with van der Waals surface area (Å²) >= 11 is 0. The molecule has 17 heteroatoms. The fourth-order valence-electron chi connectivity index (χ4n) is 4.64. The number of aryl methyl sites for hydroxylation is 1. The van der Waals surface area contributed by atoms with Crippen molar-refractivity contribution < 1.29 is 41.8 Å². The number of carbonyl (C=O) groups is 1. The maximum Gasteiger partial charge on any atom is 0.695 e. The number of hydrogen-bond acceptors (Lipinski definition) is 10. The van der Waals surface area contributed by atoms with Crippen LogP contribution in [0.15, 0.2) is 48.8 Å². The highest BCUT2D eigenvalue weighted by molar-refractivity contribution is 7.32. The standard InChI is InChI=1S/C30H33F3N7O6P/c1-5-21-26(30(31,32)33)37-29(36-24-9-7-18(13-25(24)45-4)17-46-47(43)44)38-27(21)35-23-10-8-19(14-22(23)28(42)39(2)3)20-15-34-40(16-20)11-6-12-41/h7-10,13-16,41H,5-6,11-12,17H2,1-4H3,(H2-,35,36,37,38,42,43,44)/p+1. The number of benzene rings is 2. The van der Waals surface area contributed by atoms with Crippen LogP contribution in [0.3, 0.4) is 0 Å². The Hall–Kier alpha value is -4.63. The molecule has 0 saturated carbocycles. The van der Waals surface area contributed by atoms with Crippen molar-refractivity contribution in [3.05, 3.63) is 71.2 Å². The third-order valence-corrected chi connectivity index (χ3v) is 7.25. The molecule has 4 N–H and O–H groups in total. The number of aliphatic hydroxyl groups excluding tert-OH is 1. The number of aromatic nitrogens is 4. The number of amides is 1.